The van der Waals surface area contributed by atoms with Crippen LogP contribution in [0, 0.1) is 5.41 Å². The van der Waals surface area contributed by atoms with Gasteiger partial charge in [0.05, 0.1) is 12.2 Å². The summed E-state index contributed by atoms with van der Waals surface area (Å²) in [5, 5.41) is 0. The number of hydrogen-bond donors (Lipinski definition) is 0. The standard InChI is InChI=1S/C48H84O2/c1-3-5-7-9-11-13-15-17-19-21-23-25-27-29-31-35-39-47(41-43-48(44-42-47)49-45-37-33-34-38-46(45)50-48)40-36-32-30-28-26-24-22-20-18-16-14-12-10-8-6-4-2/h11-14,17-20,45-46H,3-10,15-16,21-44H2,1-2H3. The van der Waals surface area contributed by atoms with E-state index in [2.05, 4.69) is 62.5 Å². The summed E-state index contributed by atoms with van der Waals surface area (Å²) >= 11 is 0. The molecular formula is C48H84O2. The van der Waals surface area contributed by atoms with E-state index in [0.29, 0.717) is 17.6 Å². The molecule has 1 heterocycles. The predicted octanol–water partition coefficient (Wildman–Crippen LogP) is 16.0. The first-order valence-corrected chi connectivity index (χ1v) is 22.7. The number of hydrogen-bond acceptors (Lipinski definition) is 2. The largest absolute Gasteiger partial charge is 0.344 e. The Labute approximate surface area is 312 Å². The van der Waals surface area contributed by atoms with Crippen molar-refractivity contribution in [1.29, 1.82) is 0 Å². The molecule has 2 saturated carbocycles. The van der Waals surface area contributed by atoms with Crippen molar-refractivity contribution in [2.45, 2.75) is 250 Å². The Bertz CT molecular complexity index is 837. The van der Waals surface area contributed by atoms with Gasteiger partial charge in [0.2, 0.25) is 0 Å². The normalized spacial score (nSPS) is 25.7. The molecule has 2 unspecified atom stereocenters. The van der Waals surface area contributed by atoms with Crippen molar-refractivity contribution < 1.29 is 9.47 Å². The number of rotatable bonds is 30. The zero-order valence-electron chi connectivity index (χ0n) is 33.6. The van der Waals surface area contributed by atoms with Crippen LogP contribution in [0.3, 0.4) is 0 Å². The Morgan fingerprint density at radius 3 is 1.18 bits per heavy atom. The molecule has 50 heavy (non-hydrogen) atoms. The van der Waals surface area contributed by atoms with Crippen LogP contribution in [-0.2, 0) is 9.47 Å². The maximum atomic E-state index is 6.72. The van der Waals surface area contributed by atoms with Gasteiger partial charge < -0.3 is 9.47 Å². The fraction of sp³-hybridized carbons (Fsp3) is 0.833. The molecule has 3 fully saturated rings. The van der Waals surface area contributed by atoms with Crippen LogP contribution < -0.4 is 0 Å². The van der Waals surface area contributed by atoms with Gasteiger partial charge in [-0.25, -0.2) is 0 Å². The van der Waals surface area contributed by atoms with Crippen molar-refractivity contribution in [3.63, 3.8) is 0 Å². The summed E-state index contributed by atoms with van der Waals surface area (Å²) in [6.07, 6.45) is 64.9. The third kappa shape index (κ3) is 19.1. The van der Waals surface area contributed by atoms with E-state index in [0.717, 1.165) is 25.7 Å². The summed E-state index contributed by atoms with van der Waals surface area (Å²) in [6.45, 7) is 4.56. The molecule has 0 N–H and O–H groups in total. The highest BCUT2D eigenvalue weighted by molar-refractivity contribution is 4.96. The zero-order valence-corrected chi connectivity index (χ0v) is 33.6. The van der Waals surface area contributed by atoms with Crippen molar-refractivity contribution in [3.8, 4) is 0 Å². The van der Waals surface area contributed by atoms with Gasteiger partial charge in [0.15, 0.2) is 5.79 Å². The van der Waals surface area contributed by atoms with Crippen molar-refractivity contribution >= 4 is 0 Å². The molecule has 2 aliphatic carbocycles. The molecule has 2 nitrogen and oxygen atoms in total. The lowest BCUT2D eigenvalue weighted by atomic mass is 9.66. The van der Waals surface area contributed by atoms with Gasteiger partial charge in [-0.1, -0.05) is 165 Å². The average molecular weight is 693 g/mol. The fourth-order valence-electron chi connectivity index (χ4n) is 8.91. The van der Waals surface area contributed by atoms with E-state index in [-0.39, 0.29) is 5.79 Å². The highest BCUT2D eigenvalue weighted by Gasteiger charge is 2.52. The summed E-state index contributed by atoms with van der Waals surface area (Å²) < 4.78 is 13.4. The molecule has 0 aromatic carbocycles. The molecular weight excluding hydrogens is 609 g/mol. The SMILES string of the molecule is CCCCCC=CCC=CCCCCCCCCC1(CCCCCCCCC=CCC=CCCCCC)CCC2(CC1)OC1CCCCC1O2. The molecule has 2 heteroatoms. The first-order chi connectivity index (χ1) is 24.7. The van der Waals surface area contributed by atoms with Crippen LogP contribution in [-0.4, -0.2) is 18.0 Å². The van der Waals surface area contributed by atoms with E-state index in [1.807, 2.05) is 0 Å². The van der Waals surface area contributed by atoms with E-state index in [1.54, 1.807) is 0 Å². The quantitative estimate of drug-likeness (QED) is 0.0551. The second-order valence-corrected chi connectivity index (χ2v) is 16.7. The minimum atomic E-state index is -0.234. The molecule has 0 aromatic rings. The van der Waals surface area contributed by atoms with Gasteiger partial charge in [0, 0.05) is 12.8 Å². The van der Waals surface area contributed by atoms with Crippen LogP contribution in [0.15, 0.2) is 48.6 Å². The van der Waals surface area contributed by atoms with Gasteiger partial charge in [0.1, 0.15) is 0 Å². The lowest BCUT2D eigenvalue weighted by Gasteiger charge is -2.44. The maximum absolute atomic E-state index is 6.72. The Kier molecular flexibility index (Phi) is 24.6. The molecule has 0 amide bonds. The summed E-state index contributed by atoms with van der Waals surface area (Å²) in [4.78, 5) is 0. The van der Waals surface area contributed by atoms with Crippen molar-refractivity contribution in [2.75, 3.05) is 0 Å². The zero-order chi connectivity index (χ0) is 35.3. The fourth-order valence-corrected chi connectivity index (χ4v) is 8.91. The van der Waals surface area contributed by atoms with E-state index >= 15 is 0 Å². The maximum Gasteiger partial charge on any atom is 0.169 e. The van der Waals surface area contributed by atoms with E-state index in [4.69, 9.17) is 9.47 Å². The van der Waals surface area contributed by atoms with Gasteiger partial charge in [0.25, 0.3) is 0 Å². The van der Waals surface area contributed by atoms with Crippen LogP contribution >= 0.6 is 0 Å². The summed E-state index contributed by atoms with van der Waals surface area (Å²) in [5.41, 5.74) is 0.538. The van der Waals surface area contributed by atoms with Gasteiger partial charge in [-0.15, -0.1) is 0 Å². The van der Waals surface area contributed by atoms with Crippen molar-refractivity contribution in [1.82, 2.24) is 0 Å². The smallest absolute Gasteiger partial charge is 0.169 e. The Morgan fingerprint density at radius 2 is 0.780 bits per heavy atom. The van der Waals surface area contributed by atoms with Crippen LogP contribution in [0.4, 0.5) is 0 Å². The molecule has 0 radical (unpaired) electrons. The van der Waals surface area contributed by atoms with Crippen LogP contribution in [0.1, 0.15) is 232 Å². The Hall–Kier alpha value is -1.12. The lowest BCUT2D eigenvalue weighted by Crippen LogP contribution is -2.40. The first-order valence-electron chi connectivity index (χ1n) is 22.7. The number of unbranched alkanes of at least 4 members (excludes halogenated alkanes) is 18. The van der Waals surface area contributed by atoms with Crippen LogP contribution in [0.2, 0.25) is 0 Å². The minimum absolute atomic E-state index is 0.234. The van der Waals surface area contributed by atoms with Gasteiger partial charge in [-0.05, 0) is 108 Å². The van der Waals surface area contributed by atoms with E-state index in [9.17, 15) is 0 Å². The molecule has 2 atom stereocenters. The van der Waals surface area contributed by atoms with Crippen molar-refractivity contribution in [3.05, 3.63) is 48.6 Å². The van der Waals surface area contributed by atoms with Crippen molar-refractivity contribution in [2.24, 2.45) is 5.41 Å². The van der Waals surface area contributed by atoms with E-state index in [1.165, 1.54) is 193 Å². The minimum Gasteiger partial charge on any atom is -0.344 e. The molecule has 3 aliphatic rings. The Morgan fingerprint density at radius 1 is 0.420 bits per heavy atom. The van der Waals surface area contributed by atoms with Gasteiger partial charge >= 0.3 is 0 Å². The number of allylic oxidation sites excluding steroid dienone is 8. The van der Waals surface area contributed by atoms with Gasteiger partial charge in [-0.2, -0.15) is 0 Å². The number of fused-ring (bicyclic) bond motifs is 1. The first kappa shape index (κ1) is 43.3. The van der Waals surface area contributed by atoms with E-state index < -0.39 is 0 Å². The average Bonchev–Trinajstić information content (AvgIpc) is 3.50. The van der Waals surface area contributed by atoms with Crippen LogP contribution in [0.5, 0.6) is 0 Å². The second kappa shape index (κ2) is 28.4. The topological polar surface area (TPSA) is 18.5 Å². The summed E-state index contributed by atoms with van der Waals surface area (Å²) in [5.74, 6) is -0.234. The monoisotopic (exact) mass is 693 g/mol. The third-order valence-corrected chi connectivity index (χ3v) is 12.3. The summed E-state index contributed by atoms with van der Waals surface area (Å²) in [7, 11) is 0. The molecule has 3 rings (SSSR count). The predicted molar refractivity (Wildman–Crippen MR) is 220 cm³/mol. The number of ether oxygens (including phenoxy) is 2. The Balaban J connectivity index is 1.27. The lowest BCUT2D eigenvalue weighted by molar-refractivity contribution is -0.208. The highest BCUT2D eigenvalue weighted by atomic mass is 16.8. The molecule has 0 bridgehead atoms. The second-order valence-electron chi connectivity index (χ2n) is 16.7. The molecule has 288 valence electrons. The molecule has 1 spiro atoms. The third-order valence-electron chi connectivity index (χ3n) is 12.3. The molecule has 0 aromatic heterocycles. The highest BCUT2D eigenvalue weighted by Crippen LogP contribution is 2.53. The van der Waals surface area contributed by atoms with Gasteiger partial charge in [-0.3, -0.25) is 0 Å². The molecule has 1 saturated heterocycles. The molecule has 1 aliphatic heterocycles. The van der Waals surface area contributed by atoms with Crippen LogP contribution in [0.25, 0.3) is 0 Å². The summed E-state index contributed by atoms with van der Waals surface area (Å²) in [6, 6.07) is 0.